The van der Waals surface area contributed by atoms with Crippen LogP contribution in [0.3, 0.4) is 0 Å². The predicted molar refractivity (Wildman–Crippen MR) is 94.9 cm³/mol. The molecule has 0 saturated carbocycles. The normalized spacial score (nSPS) is 18.6. The molecule has 5 nitrogen and oxygen atoms in total. The Labute approximate surface area is 146 Å². The Balaban J connectivity index is 2.10. The molecule has 3 N–H and O–H groups in total. The number of carbonyl (C=O) groups excluding carboxylic acids is 1. The van der Waals surface area contributed by atoms with E-state index in [4.69, 9.17) is 4.74 Å². The van der Waals surface area contributed by atoms with Gasteiger partial charge in [0, 0.05) is 11.7 Å². The Morgan fingerprint density at radius 2 is 1.76 bits per heavy atom. The molecule has 5 heteroatoms. The van der Waals surface area contributed by atoms with Crippen molar-refractivity contribution in [3.8, 4) is 17.2 Å². The number of rotatable bonds is 2. The van der Waals surface area contributed by atoms with E-state index in [1.54, 1.807) is 42.6 Å². The molecule has 0 amide bonds. The van der Waals surface area contributed by atoms with Gasteiger partial charge in [0.2, 0.25) is 5.78 Å². The van der Waals surface area contributed by atoms with E-state index in [0.29, 0.717) is 11.3 Å². The first-order valence-corrected chi connectivity index (χ1v) is 8.06. The van der Waals surface area contributed by atoms with Gasteiger partial charge in [-0.2, -0.15) is 0 Å². The van der Waals surface area contributed by atoms with Crippen LogP contribution in [-0.4, -0.2) is 21.5 Å². The van der Waals surface area contributed by atoms with E-state index in [0.717, 1.165) is 5.56 Å². The van der Waals surface area contributed by atoms with Gasteiger partial charge in [-0.15, -0.1) is 0 Å². The second-order valence-electron chi connectivity index (χ2n) is 7.06. The van der Waals surface area contributed by atoms with Crippen LogP contribution < -0.4 is 10.1 Å². The molecule has 1 atom stereocenters. The molecule has 1 aliphatic heterocycles. The first kappa shape index (κ1) is 16.9. The lowest BCUT2D eigenvalue weighted by atomic mass is 9.90. The van der Waals surface area contributed by atoms with E-state index < -0.39 is 6.10 Å². The van der Waals surface area contributed by atoms with Crippen molar-refractivity contribution in [3.63, 3.8) is 0 Å². The minimum atomic E-state index is -0.628. The average molecular weight is 339 g/mol. The molecule has 130 valence electrons. The van der Waals surface area contributed by atoms with E-state index >= 15 is 0 Å². The van der Waals surface area contributed by atoms with Crippen LogP contribution in [0, 0.1) is 0 Å². The number of phenols is 2. The summed E-state index contributed by atoms with van der Waals surface area (Å²) in [6.07, 6.45) is 1.02. The zero-order valence-corrected chi connectivity index (χ0v) is 14.4. The fraction of sp³-hybridized carbons (Fsp3) is 0.250. The fourth-order valence-electron chi connectivity index (χ4n) is 2.63. The summed E-state index contributed by atoms with van der Waals surface area (Å²) in [6.45, 7) is 5.96. The third-order valence-electron chi connectivity index (χ3n) is 3.88. The van der Waals surface area contributed by atoms with Crippen LogP contribution in [0.1, 0.15) is 42.8 Å². The lowest BCUT2D eigenvalue weighted by Gasteiger charge is -2.29. The Hall–Kier alpha value is -2.95. The molecule has 0 spiro atoms. The van der Waals surface area contributed by atoms with E-state index in [2.05, 4.69) is 5.32 Å². The largest absolute Gasteiger partial charge is 0.508 e. The first-order chi connectivity index (χ1) is 11.8. The van der Waals surface area contributed by atoms with Gasteiger partial charge < -0.3 is 20.3 Å². The van der Waals surface area contributed by atoms with Gasteiger partial charge in [-0.25, -0.2) is 0 Å². The van der Waals surface area contributed by atoms with Crippen molar-refractivity contribution in [2.24, 2.45) is 0 Å². The zero-order chi connectivity index (χ0) is 18.2. The smallest absolute Gasteiger partial charge is 0.202 e. The van der Waals surface area contributed by atoms with Crippen molar-refractivity contribution in [3.05, 3.63) is 65.4 Å². The van der Waals surface area contributed by atoms with Gasteiger partial charge in [0.1, 0.15) is 22.8 Å². The molecule has 1 unspecified atom stereocenters. The van der Waals surface area contributed by atoms with E-state index in [-0.39, 0.29) is 28.4 Å². The molecule has 0 fully saturated rings. The maximum absolute atomic E-state index is 13.0. The van der Waals surface area contributed by atoms with E-state index in [1.165, 1.54) is 6.07 Å². The van der Waals surface area contributed by atoms with Crippen molar-refractivity contribution in [1.29, 1.82) is 0 Å². The van der Waals surface area contributed by atoms with Crippen LogP contribution in [-0.2, 0) is 0 Å². The Morgan fingerprint density at radius 1 is 1.08 bits per heavy atom. The van der Waals surface area contributed by atoms with Crippen molar-refractivity contribution < 1.29 is 19.7 Å². The first-order valence-electron chi connectivity index (χ1n) is 8.06. The maximum atomic E-state index is 13.0. The Morgan fingerprint density at radius 3 is 2.40 bits per heavy atom. The summed E-state index contributed by atoms with van der Waals surface area (Å²) in [4.78, 5) is 13.0. The van der Waals surface area contributed by atoms with Crippen LogP contribution in [0.15, 0.2) is 54.2 Å². The van der Waals surface area contributed by atoms with Crippen molar-refractivity contribution in [2.75, 3.05) is 0 Å². The number of phenolic OH excluding ortho intramolecular Hbond substituents is 2. The molecule has 0 aliphatic carbocycles. The molecule has 2 aromatic carbocycles. The molecule has 3 rings (SSSR count). The molecule has 0 bridgehead atoms. The van der Waals surface area contributed by atoms with Gasteiger partial charge >= 0.3 is 0 Å². The maximum Gasteiger partial charge on any atom is 0.202 e. The number of nitrogens with one attached hydrogen (secondary N) is 1. The highest BCUT2D eigenvalue weighted by atomic mass is 16.5. The minimum absolute atomic E-state index is 0.103. The topological polar surface area (TPSA) is 78.8 Å². The lowest BCUT2D eigenvalue weighted by Crippen LogP contribution is -2.34. The Kier molecular flexibility index (Phi) is 4.17. The van der Waals surface area contributed by atoms with Crippen molar-refractivity contribution in [1.82, 2.24) is 5.32 Å². The second-order valence-corrected chi connectivity index (χ2v) is 7.06. The number of Topliss-reactive ketones (excluding diaryl/α,β-unsaturated/α-hetero) is 1. The standard InChI is InChI=1S/C20H21NO4/c1-20(2,3)21-11-14-18(24)17-15(23)5-4-6-16(17)25-19(14)12-7-9-13(22)10-8-12/h4-11,19,21-23H,1-3H3/b14-11+. The highest BCUT2D eigenvalue weighted by Crippen LogP contribution is 2.41. The van der Waals surface area contributed by atoms with Crippen molar-refractivity contribution >= 4 is 5.78 Å². The minimum Gasteiger partial charge on any atom is -0.508 e. The second kappa shape index (κ2) is 6.16. The third kappa shape index (κ3) is 3.45. The van der Waals surface area contributed by atoms with Gasteiger partial charge in [0.05, 0.1) is 5.57 Å². The van der Waals surface area contributed by atoms with Gasteiger partial charge in [0.25, 0.3) is 0 Å². The highest BCUT2D eigenvalue weighted by molar-refractivity contribution is 6.13. The summed E-state index contributed by atoms with van der Waals surface area (Å²) in [5, 5.41) is 22.8. The lowest BCUT2D eigenvalue weighted by molar-refractivity contribution is 0.0955. The predicted octanol–water partition coefficient (Wildman–Crippen LogP) is 3.69. The summed E-state index contributed by atoms with van der Waals surface area (Å²) in [6, 6.07) is 11.3. The number of ether oxygens (including phenoxy) is 1. The molecular formula is C20H21NO4. The highest BCUT2D eigenvalue weighted by Gasteiger charge is 2.35. The van der Waals surface area contributed by atoms with Gasteiger partial charge in [-0.05, 0) is 50.6 Å². The quantitative estimate of drug-likeness (QED) is 0.727. The average Bonchev–Trinajstić information content (AvgIpc) is 2.53. The number of fused-ring (bicyclic) bond motifs is 1. The number of aromatic hydroxyl groups is 2. The molecule has 0 aromatic heterocycles. The fourth-order valence-corrected chi connectivity index (χ4v) is 2.63. The van der Waals surface area contributed by atoms with Gasteiger partial charge in [0.15, 0.2) is 6.10 Å². The number of benzene rings is 2. The van der Waals surface area contributed by atoms with Crippen LogP contribution in [0.2, 0.25) is 0 Å². The molecule has 2 aromatic rings. The SMILES string of the molecule is CC(C)(C)N/C=C1\C(=O)c2c(O)cccc2OC1c1ccc(O)cc1. The van der Waals surface area contributed by atoms with Crippen LogP contribution in [0.5, 0.6) is 17.2 Å². The van der Waals surface area contributed by atoms with E-state index in [1.807, 2.05) is 20.8 Å². The van der Waals surface area contributed by atoms with E-state index in [9.17, 15) is 15.0 Å². The van der Waals surface area contributed by atoms with Crippen LogP contribution in [0.25, 0.3) is 0 Å². The number of carbonyl (C=O) groups is 1. The summed E-state index contributed by atoms with van der Waals surface area (Å²) >= 11 is 0. The molecular weight excluding hydrogens is 318 g/mol. The molecule has 1 aliphatic rings. The summed E-state index contributed by atoms with van der Waals surface area (Å²) in [7, 11) is 0. The van der Waals surface area contributed by atoms with Gasteiger partial charge in [-0.3, -0.25) is 4.79 Å². The monoisotopic (exact) mass is 339 g/mol. The molecule has 1 heterocycles. The Bertz CT molecular complexity index is 832. The van der Waals surface area contributed by atoms with Crippen LogP contribution in [0.4, 0.5) is 0 Å². The van der Waals surface area contributed by atoms with Crippen LogP contribution >= 0.6 is 0 Å². The number of hydrogen-bond donors (Lipinski definition) is 3. The van der Waals surface area contributed by atoms with Crippen molar-refractivity contribution in [2.45, 2.75) is 32.4 Å². The molecule has 0 saturated heterocycles. The summed E-state index contributed by atoms with van der Waals surface area (Å²) < 4.78 is 6.02. The number of ketones is 1. The summed E-state index contributed by atoms with van der Waals surface area (Å²) in [5.74, 6) is 0.0979. The van der Waals surface area contributed by atoms with Gasteiger partial charge in [-0.1, -0.05) is 18.2 Å². The zero-order valence-electron chi connectivity index (χ0n) is 14.4. The molecule has 0 radical (unpaired) electrons. The number of hydrogen-bond acceptors (Lipinski definition) is 5. The molecule has 25 heavy (non-hydrogen) atoms. The third-order valence-corrected chi connectivity index (χ3v) is 3.88. The summed E-state index contributed by atoms with van der Waals surface area (Å²) in [5.41, 5.74) is 1.07.